The van der Waals surface area contributed by atoms with Crippen LogP contribution >= 0.6 is 0 Å². The van der Waals surface area contributed by atoms with E-state index in [9.17, 15) is 0 Å². The van der Waals surface area contributed by atoms with Crippen molar-refractivity contribution in [3.63, 3.8) is 0 Å². The Bertz CT molecular complexity index is 269. The molecule has 1 aromatic rings. The number of para-hydroxylation sites is 1. The van der Waals surface area contributed by atoms with Crippen LogP contribution in [0.1, 0.15) is 0 Å². The molecule has 0 bridgehead atoms. The van der Waals surface area contributed by atoms with Crippen molar-refractivity contribution in [3.05, 3.63) is 30.3 Å². The van der Waals surface area contributed by atoms with E-state index in [1.165, 1.54) is 0 Å². The van der Waals surface area contributed by atoms with E-state index in [4.69, 9.17) is 16.2 Å². The molecule has 0 aliphatic carbocycles. The highest BCUT2D eigenvalue weighted by Gasteiger charge is 1.88. The third kappa shape index (κ3) is 3.85. The van der Waals surface area contributed by atoms with Gasteiger partial charge in [-0.25, -0.2) is 0 Å². The van der Waals surface area contributed by atoms with Crippen LogP contribution in [-0.4, -0.2) is 12.7 Å². The first kappa shape index (κ1) is 9.18. The van der Waals surface area contributed by atoms with Crippen molar-refractivity contribution in [3.8, 4) is 5.75 Å². The summed E-state index contributed by atoms with van der Waals surface area (Å²) in [5.74, 6) is 0.748. The number of hydrazone groups is 1. The van der Waals surface area contributed by atoms with Crippen molar-refractivity contribution in [1.29, 1.82) is 0 Å². The lowest BCUT2D eigenvalue weighted by atomic mass is 10.3. The van der Waals surface area contributed by atoms with Gasteiger partial charge in [-0.15, -0.1) is 5.10 Å². The van der Waals surface area contributed by atoms with Gasteiger partial charge in [-0.1, -0.05) is 18.2 Å². The number of benzene rings is 1. The predicted molar refractivity (Wildman–Crippen MR) is 50.9 cm³/mol. The normalized spacial score (nSPS) is 8.92. The molecule has 5 heteroatoms. The molecular formula is C8H12N4O. The Balaban J connectivity index is 2.25. The lowest BCUT2D eigenvalue weighted by Crippen LogP contribution is -2.27. The van der Waals surface area contributed by atoms with Gasteiger partial charge < -0.3 is 16.2 Å². The molecule has 0 aliphatic heterocycles. The van der Waals surface area contributed by atoms with Gasteiger partial charge in [0.05, 0.1) is 0 Å². The van der Waals surface area contributed by atoms with Gasteiger partial charge in [0.15, 0.2) is 6.73 Å². The highest BCUT2D eigenvalue weighted by Crippen LogP contribution is 2.06. The summed E-state index contributed by atoms with van der Waals surface area (Å²) in [5, 5.41) is 3.54. The molecule has 1 aromatic carbocycles. The molecule has 0 amide bonds. The van der Waals surface area contributed by atoms with Gasteiger partial charge in [-0.3, -0.25) is 5.43 Å². The van der Waals surface area contributed by atoms with E-state index in [0.29, 0.717) is 0 Å². The van der Waals surface area contributed by atoms with Crippen LogP contribution in [0.15, 0.2) is 35.4 Å². The minimum Gasteiger partial charge on any atom is -0.472 e. The molecule has 0 spiro atoms. The van der Waals surface area contributed by atoms with Crippen LogP contribution in [0.2, 0.25) is 0 Å². The van der Waals surface area contributed by atoms with Crippen LogP contribution in [-0.2, 0) is 0 Å². The number of nitrogens with one attached hydrogen (secondary N) is 1. The summed E-state index contributed by atoms with van der Waals surface area (Å²) in [5.41, 5.74) is 12.7. The van der Waals surface area contributed by atoms with Crippen LogP contribution in [0, 0.1) is 0 Å². The highest BCUT2D eigenvalue weighted by atomic mass is 16.5. The van der Waals surface area contributed by atoms with Gasteiger partial charge in [0, 0.05) is 0 Å². The van der Waals surface area contributed by atoms with E-state index >= 15 is 0 Å². The molecule has 0 aliphatic rings. The summed E-state index contributed by atoms with van der Waals surface area (Å²) in [6, 6.07) is 9.37. The van der Waals surface area contributed by atoms with Crippen LogP contribution in [0.5, 0.6) is 5.75 Å². The van der Waals surface area contributed by atoms with Gasteiger partial charge in [0.25, 0.3) is 0 Å². The van der Waals surface area contributed by atoms with Gasteiger partial charge in [-0.05, 0) is 12.1 Å². The lowest BCUT2D eigenvalue weighted by Gasteiger charge is -2.04. The topological polar surface area (TPSA) is 85.7 Å². The highest BCUT2D eigenvalue weighted by molar-refractivity contribution is 5.75. The zero-order chi connectivity index (χ0) is 9.52. The SMILES string of the molecule is NC(N)=NNCOc1ccccc1. The summed E-state index contributed by atoms with van der Waals surface area (Å²) in [6.45, 7) is 0.238. The van der Waals surface area contributed by atoms with E-state index in [2.05, 4.69) is 10.5 Å². The third-order valence-electron chi connectivity index (χ3n) is 1.25. The molecule has 0 atom stereocenters. The number of hydrogen-bond acceptors (Lipinski definition) is 3. The molecule has 70 valence electrons. The number of nitrogens with two attached hydrogens (primary N) is 2. The van der Waals surface area contributed by atoms with Gasteiger partial charge >= 0.3 is 0 Å². The zero-order valence-corrected chi connectivity index (χ0v) is 7.10. The molecular weight excluding hydrogens is 168 g/mol. The maximum atomic E-state index is 5.23. The number of nitrogens with zero attached hydrogens (tertiary/aromatic N) is 1. The van der Waals surface area contributed by atoms with Crippen LogP contribution < -0.4 is 21.6 Å². The molecule has 0 aromatic heterocycles. The average molecular weight is 180 g/mol. The Morgan fingerprint density at radius 3 is 2.62 bits per heavy atom. The minimum atomic E-state index is -0.0170. The van der Waals surface area contributed by atoms with Crippen LogP contribution in [0.3, 0.4) is 0 Å². The third-order valence-corrected chi connectivity index (χ3v) is 1.25. The molecule has 0 heterocycles. The first-order chi connectivity index (χ1) is 6.29. The van der Waals surface area contributed by atoms with Gasteiger partial charge in [0.2, 0.25) is 5.96 Å². The Kier molecular flexibility index (Phi) is 3.44. The molecule has 0 saturated carbocycles. The fourth-order valence-corrected chi connectivity index (χ4v) is 0.756. The van der Waals surface area contributed by atoms with Gasteiger partial charge in [0.1, 0.15) is 5.75 Å². The summed E-state index contributed by atoms with van der Waals surface area (Å²) in [6.07, 6.45) is 0. The number of ether oxygens (including phenoxy) is 1. The van der Waals surface area contributed by atoms with Gasteiger partial charge in [-0.2, -0.15) is 0 Å². The van der Waals surface area contributed by atoms with Crippen molar-refractivity contribution < 1.29 is 4.74 Å². The maximum Gasteiger partial charge on any atom is 0.208 e. The first-order valence-electron chi connectivity index (χ1n) is 3.78. The van der Waals surface area contributed by atoms with E-state index in [-0.39, 0.29) is 12.7 Å². The average Bonchev–Trinajstić information content (AvgIpc) is 2.14. The van der Waals surface area contributed by atoms with E-state index in [0.717, 1.165) is 5.75 Å². The zero-order valence-electron chi connectivity index (χ0n) is 7.10. The summed E-state index contributed by atoms with van der Waals surface area (Å²) in [4.78, 5) is 0. The maximum absolute atomic E-state index is 5.23. The Morgan fingerprint density at radius 2 is 2.00 bits per heavy atom. The smallest absolute Gasteiger partial charge is 0.208 e. The van der Waals surface area contributed by atoms with Crippen molar-refractivity contribution in [2.24, 2.45) is 16.6 Å². The number of guanidine groups is 1. The van der Waals surface area contributed by atoms with Crippen LogP contribution in [0.4, 0.5) is 0 Å². The number of hydrogen-bond donors (Lipinski definition) is 3. The second-order valence-corrected chi connectivity index (χ2v) is 2.30. The van der Waals surface area contributed by atoms with E-state index in [1.807, 2.05) is 30.3 Å². The van der Waals surface area contributed by atoms with Crippen LogP contribution in [0.25, 0.3) is 0 Å². The Labute approximate surface area is 76.4 Å². The largest absolute Gasteiger partial charge is 0.472 e. The quantitative estimate of drug-likeness (QED) is 0.197. The van der Waals surface area contributed by atoms with E-state index < -0.39 is 0 Å². The molecule has 1 rings (SSSR count). The van der Waals surface area contributed by atoms with Crippen molar-refractivity contribution in [1.82, 2.24) is 5.43 Å². The van der Waals surface area contributed by atoms with E-state index in [1.54, 1.807) is 0 Å². The molecule has 0 unspecified atom stereocenters. The number of rotatable bonds is 4. The fourth-order valence-electron chi connectivity index (χ4n) is 0.756. The minimum absolute atomic E-state index is 0.0170. The fraction of sp³-hybridized carbons (Fsp3) is 0.125. The monoisotopic (exact) mass is 180 g/mol. The predicted octanol–water partition coefficient (Wildman–Crippen LogP) is -0.199. The van der Waals surface area contributed by atoms with Crippen molar-refractivity contribution in [2.75, 3.05) is 6.73 Å². The first-order valence-corrected chi connectivity index (χ1v) is 3.78. The summed E-state index contributed by atoms with van der Waals surface area (Å²) >= 11 is 0. The molecule has 0 radical (unpaired) electrons. The standard InChI is InChI=1S/C8H12N4O/c9-8(10)12-11-6-13-7-4-2-1-3-5-7/h1-5,11H,6H2,(H4,9,10,12). The summed E-state index contributed by atoms with van der Waals surface area (Å²) < 4.78 is 5.23. The Hall–Kier alpha value is -1.91. The molecule has 13 heavy (non-hydrogen) atoms. The van der Waals surface area contributed by atoms with Crippen molar-refractivity contribution >= 4 is 5.96 Å². The Morgan fingerprint density at radius 1 is 1.31 bits per heavy atom. The molecule has 0 saturated heterocycles. The second-order valence-electron chi connectivity index (χ2n) is 2.30. The lowest BCUT2D eigenvalue weighted by molar-refractivity contribution is 0.287. The van der Waals surface area contributed by atoms with Crippen molar-refractivity contribution in [2.45, 2.75) is 0 Å². The summed E-state index contributed by atoms with van der Waals surface area (Å²) in [7, 11) is 0. The molecule has 5 nitrogen and oxygen atoms in total. The molecule has 5 N–H and O–H groups in total. The molecule has 0 fully saturated rings. The second kappa shape index (κ2) is 4.87.